The van der Waals surface area contributed by atoms with Gasteiger partial charge in [-0.3, -0.25) is 29.3 Å². The molecule has 166 valence electrons. The molecule has 1 unspecified atom stereocenters. The number of benzene rings is 1. The Morgan fingerprint density at radius 3 is 2.55 bits per heavy atom. The molecule has 1 atom stereocenters. The monoisotopic (exact) mass is 426 g/mol. The lowest BCUT2D eigenvalue weighted by Gasteiger charge is -2.32. The third-order valence-electron chi connectivity index (χ3n) is 5.89. The molecule has 1 N–H and O–H groups in total. The molecule has 2 aliphatic rings. The van der Waals surface area contributed by atoms with Crippen molar-refractivity contribution >= 4 is 28.7 Å². The van der Waals surface area contributed by atoms with E-state index in [2.05, 4.69) is 10.2 Å². The largest absolute Gasteiger partial charge is 0.459 e. The number of ether oxygens (including phenoxy) is 1. The average molecular weight is 427 g/mol. The summed E-state index contributed by atoms with van der Waals surface area (Å²) < 4.78 is 7.48. The molecule has 1 aromatic carbocycles. The number of imide groups is 1. The predicted octanol–water partition coefficient (Wildman–Crippen LogP) is 2.54. The van der Waals surface area contributed by atoms with Crippen LogP contribution in [0, 0.1) is 0 Å². The van der Waals surface area contributed by atoms with Crippen molar-refractivity contribution in [2.45, 2.75) is 64.0 Å². The van der Waals surface area contributed by atoms with Crippen molar-refractivity contribution in [1.29, 1.82) is 0 Å². The van der Waals surface area contributed by atoms with Crippen LogP contribution in [0.5, 0.6) is 0 Å². The number of rotatable bonds is 4. The van der Waals surface area contributed by atoms with Gasteiger partial charge in [0.2, 0.25) is 11.8 Å². The highest BCUT2D eigenvalue weighted by atomic mass is 16.6. The van der Waals surface area contributed by atoms with E-state index in [-0.39, 0.29) is 23.8 Å². The van der Waals surface area contributed by atoms with Crippen LogP contribution in [-0.4, -0.2) is 57.7 Å². The lowest BCUT2D eigenvalue weighted by Crippen LogP contribution is -2.40. The number of likely N-dealkylation sites (tertiary alicyclic amines) is 1. The Labute approximate surface area is 181 Å². The highest BCUT2D eigenvalue weighted by Gasteiger charge is 2.33. The molecule has 2 saturated heterocycles. The Morgan fingerprint density at radius 2 is 1.87 bits per heavy atom. The summed E-state index contributed by atoms with van der Waals surface area (Å²) in [5.74, 6) is -1.09. The molecule has 0 bridgehead atoms. The summed E-state index contributed by atoms with van der Waals surface area (Å²) in [5.41, 5.74) is 1.28. The molecule has 0 spiro atoms. The van der Waals surface area contributed by atoms with Crippen LogP contribution in [0.4, 0.5) is 0 Å². The van der Waals surface area contributed by atoms with Crippen molar-refractivity contribution in [3.63, 3.8) is 0 Å². The number of carbonyl (C=O) groups is 3. The molecule has 2 fully saturated rings. The fraction of sp³-hybridized carbons (Fsp3) is 0.565. The van der Waals surface area contributed by atoms with E-state index in [0.717, 1.165) is 42.5 Å². The van der Waals surface area contributed by atoms with E-state index < -0.39 is 11.5 Å². The van der Waals surface area contributed by atoms with Gasteiger partial charge in [-0.1, -0.05) is 18.2 Å². The standard InChI is InChI=1S/C23H30N4O4/c1-23(2,3)31-20(29)14-26-12-10-15(11-13-26)27-18-7-5-4-6-16(18)21(25-27)17-8-9-19(28)24-22(17)30/h4-7,15,17H,8-14H2,1-3H3,(H,24,28,30). The van der Waals surface area contributed by atoms with Crippen molar-refractivity contribution in [2.24, 2.45) is 0 Å². The van der Waals surface area contributed by atoms with Gasteiger partial charge in [-0.25, -0.2) is 0 Å². The third kappa shape index (κ3) is 4.79. The molecule has 8 nitrogen and oxygen atoms in total. The first kappa shape index (κ1) is 21.5. The molecule has 8 heteroatoms. The third-order valence-corrected chi connectivity index (χ3v) is 5.89. The predicted molar refractivity (Wildman–Crippen MR) is 115 cm³/mol. The van der Waals surface area contributed by atoms with Gasteiger partial charge in [0.25, 0.3) is 0 Å². The van der Waals surface area contributed by atoms with E-state index >= 15 is 0 Å². The van der Waals surface area contributed by atoms with Crippen LogP contribution in [0.15, 0.2) is 24.3 Å². The number of nitrogens with zero attached hydrogens (tertiary/aromatic N) is 3. The molecule has 1 aromatic heterocycles. The normalized spacial score (nSPS) is 21.3. The summed E-state index contributed by atoms with van der Waals surface area (Å²) in [5, 5.41) is 8.29. The first-order valence-corrected chi connectivity index (χ1v) is 11.0. The van der Waals surface area contributed by atoms with Gasteiger partial charge in [-0.05, 0) is 46.1 Å². The number of aromatic nitrogens is 2. The van der Waals surface area contributed by atoms with Crippen molar-refractivity contribution in [3.8, 4) is 0 Å². The van der Waals surface area contributed by atoms with Crippen molar-refractivity contribution in [2.75, 3.05) is 19.6 Å². The molecule has 0 radical (unpaired) electrons. The molecular weight excluding hydrogens is 396 g/mol. The zero-order chi connectivity index (χ0) is 22.2. The van der Waals surface area contributed by atoms with Gasteiger partial charge in [0.05, 0.1) is 29.7 Å². The van der Waals surface area contributed by atoms with Crippen LogP contribution >= 0.6 is 0 Å². The van der Waals surface area contributed by atoms with E-state index in [9.17, 15) is 14.4 Å². The molecule has 4 rings (SSSR count). The van der Waals surface area contributed by atoms with Crippen LogP contribution in [0.2, 0.25) is 0 Å². The highest BCUT2D eigenvalue weighted by molar-refractivity contribution is 6.02. The fourth-order valence-corrected chi connectivity index (χ4v) is 4.48. The number of hydrogen-bond donors (Lipinski definition) is 1. The van der Waals surface area contributed by atoms with Crippen molar-refractivity contribution in [3.05, 3.63) is 30.0 Å². The minimum absolute atomic E-state index is 0.196. The number of esters is 1. The Kier molecular flexibility index (Phi) is 5.83. The molecule has 31 heavy (non-hydrogen) atoms. The zero-order valence-corrected chi connectivity index (χ0v) is 18.4. The molecule has 0 aliphatic carbocycles. The minimum atomic E-state index is -0.476. The second-order valence-corrected chi connectivity index (χ2v) is 9.44. The van der Waals surface area contributed by atoms with E-state index in [1.807, 2.05) is 49.7 Å². The zero-order valence-electron chi connectivity index (χ0n) is 18.4. The lowest BCUT2D eigenvalue weighted by atomic mass is 9.93. The van der Waals surface area contributed by atoms with Crippen LogP contribution in [0.1, 0.15) is 64.1 Å². The lowest BCUT2D eigenvalue weighted by molar-refractivity contribution is -0.156. The number of carbonyl (C=O) groups excluding carboxylic acids is 3. The van der Waals surface area contributed by atoms with Crippen LogP contribution < -0.4 is 5.32 Å². The van der Waals surface area contributed by atoms with E-state index in [1.54, 1.807) is 0 Å². The summed E-state index contributed by atoms with van der Waals surface area (Å²) in [4.78, 5) is 38.3. The SMILES string of the molecule is CC(C)(C)OC(=O)CN1CCC(n2nc(C3CCC(=O)NC3=O)c3ccccc32)CC1. The average Bonchev–Trinajstić information content (AvgIpc) is 3.07. The number of piperidine rings is 2. The van der Waals surface area contributed by atoms with Gasteiger partial charge in [0.15, 0.2) is 0 Å². The Hall–Kier alpha value is -2.74. The van der Waals surface area contributed by atoms with Gasteiger partial charge in [-0.2, -0.15) is 5.10 Å². The smallest absolute Gasteiger partial charge is 0.320 e. The Bertz CT molecular complexity index is 999. The summed E-state index contributed by atoms with van der Waals surface area (Å²) >= 11 is 0. The quantitative estimate of drug-likeness (QED) is 0.597. The highest BCUT2D eigenvalue weighted by Crippen LogP contribution is 2.34. The first-order chi connectivity index (χ1) is 14.7. The second-order valence-electron chi connectivity index (χ2n) is 9.44. The van der Waals surface area contributed by atoms with Crippen molar-refractivity contribution < 1.29 is 19.1 Å². The molecular formula is C23H30N4O4. The second kappa shape index (κ2) is 8.42. The number of hydrogen-bond acceptors (Lipinski definition) is 6. The topological polar surface area (TPSA) is 93.5 Å². The number of amides is 2. The van der Waals surface area contributed by atoms with Gasteiger partial charge < -0.3 is 4.74 Å². The molecule has 2 aromatic rings. The van der Waals surface area contributed by atoms with Gasteiger partial charge in [-0.15, -0.1) is 0 Å². The minimum Gasteiger partial charge on any atom is -0.459 e. The molecule has 0 saturated carbocycles. The summed E-state index contributed by atoms with van der Waals surface area (Å²) in [6, 6.07) is 8.15. The van der Waals surface area contributed by atoms with E-state index in [1.165, 1.54) is 0 Å². The van der Waals surface area contributed by atoms with Crippen LogP contribution in [0.3, 0.4) is 0 Å². The summed E-state index contributed by atoms with van der Waals surface area (Å²) in [7, 11) is 0. The van der Waals surface area contributed by atoms with Gasteiger partial charge in [0, 0.05) is 24.9 Å². The number of fused-ring (bicyclic) bond motifs is 1. The van der Waals surface area contributed by atoms with Gasteiger partial charge in [0.1, 0.15) is 5.60 Å². The maximum atomic E-state index is 12.4. The molecule has 2 amide bonds. The van der Waals surface area contributed by atoms with Crippen LogP contribution in [-0.2, 0) is 19.1 Å². The number of nitrogens with one attached hydrogen (secondary N) is 1. The molecule has 3 heterocycles. The van der Waals surface area contributed by atoms with Crippen molar-refractivity contribution in [1.82, 2.24) is 20.0 Å². The maximum Gasteiger partial charge on any atom is 0.320 e. The first-order valence-electron chi connectivity index (χ1n) is 11.0. The maximum absolute atomic E-state index is 12.4. The van der Waals surface area contributed by atoms with E-state index in [0.29, 0.717) is 19.4 Å². The number of para-hydroxylation sites is 1. The Balaban J connectivity index is 1.49. The van der Waals surface area contributed by atoms with Gasteiger partial charge >= 0.3 is 5.97 Å². The summed E-state index contributed by atoms with van der Waals surface area (Å²) in [6.45, 7) is 7.49. The molecule has 2 aliphatic heterocycles. The fourth-order valence-electron chi connectivity index (χ4n) is 4.48. The van der Waals surface area contributed by atoms with E-state index in [4.69, 9.17) is 9.84 Å². The van der Waals surface area contributed by atoms with Crippen LogP contribution in [0.25, 0.3) is 10.9 Å². The summed E-state index contributed by atoms with van der Waals surface area (Å²) in [6.07, 6.45) is 2.55. The Morgan fingerprint density at radius 1 is 1.16 bits per heavy atom.